The van der Waals surface area contributed by atoms with Crippen LogP contribution in [0.3, 0.4) is 0 Å². The van der Waals surface area contributed by atoms with Crippen LogP contribution < -0.4 is 0 Å². The summed E-state index contributed by atoms with van der Waals surface area (Å²) in [7, 11) is 0. The van der Waals surface area contributed by atoms with Crippen molar-refractivity contribution in [2.45, 2.75) is 19.4 Å². The van der Waals surface area contributed by atoms with Crippen molar-refractivity contribution in [3.05, 3.63) is 47.8 Å². The number of unbranched alkanes of at least 4 members (excludes halogenated alkanes) is 1. The minimum absolute atomic E-state index is 0.207. The van der Waals surface area contributed by atoms with Crippen molar-refractivity contribution in [2.24, 2.45) is 0 Å². The van der Waals surface area contributed by atoms with Gasteiger partial charge in [-0.1, -0.05) is 6.08 Å². The smallest absolute Gasteiger partial charge is 0.128 e. The van der Waals surface area contributed by atoms with E-state index in [0.717, 1.165) is 12.8 Å². The molecule has 0 N–H and O–H groups in total. The van der Waals surface area contributed by atoms with Crippen LogP contribution in [0.2, 0.25) is 0 Å². The highest BCUT2D eigenvalue weighted by atomic mass is 19.1. The third-order valence-corrected chi connectivity index (χ3v) is 2.13. The molecule has 0 aliphatic heterocycles. The lowest BCUT2D eigenvalue weighted by Crippen LogP contribution is -1.98. The fourth-order valence-corrected chi connectivity index (χ4v) is 1.27. The first-order chi connectivity index (χ1) is 7.77. The van der Waals surface area contributed by atoms with Crippen LogP contribution in [0.5, 0.6) is 0 Å². The van der Waals surface area contributed by atoms with E-state index in [1.165, 1.54) is 18.2 Å². The lowest BCUT2D eigenvalue weighted by molar-refractivity contribution is 0.117. The van der Waals surface area contributed by atoms with Crippen LogP contribution in [0.15, 0.2) is 30.9 Å². The highest BCUT2D eigenvalue weighted by molar-refractivity contribution is 5.33. The first-order valence-electron chi connectivity index (χ1n) is 5.15. The van der Waals surface area contributed by atoms with Gasteiger partial charge in [0.2, 0.25) is 0 Å². The number of rotatable bonds is 6. The van der Waals surface area contributed by atoms with Gasteiger partial charge in [0.25, 0.3) is 0 Å². The summed E-state index contributed by atoms with van der Waals surface area (Å²) in [5, 5.41) is 8.67. The summed E-state index contributed by atoms with van der Waals surface area (Å²) in [6.45, 7) is 4.38. The monoisotopic (exact) mass is 219 g/mol. The molecular weight excluding hydrogens is 205 g/mol. The summed E-state index contributed by atoms with van der Waals surface area (Å²) in [5.74, 6) is -0.331. The van der Waals surface area contributed by atoms with Crippen LogP contribution in [0.25, 0.3) is 0 Å². The molecule has 0 radical (unpaired) electrons. The van der Waals surface area contributed by atoms with E-state index < -0.39 is 0 Å². The van der Waals surface area contributed by atoms with Crippen molar-refractivity contribution in [1.82, 2.24) is 0 Å². The van der Waals surface area contributed by atoms with Crippen molar-refractivity contribution in [3.8, 4) is 6.07 Å². The minimum Gasteiger partial charge on any atom is -0.377 e. The van der Waals surface area contributed by atoms with Gasteiger partial charge in [0, 0.05) is 12.2 Å². The molecule has 0 fully saturated rings. The minimum atomic E-state index is -0.331. The molecule has 0 aliphatic carbocycles. The summed E-state index contributed by atoms with van der Waals surface area (Å²) >= 11 is 0. The number of hydrogen-bond acceptors (Lipinski definition) is 2. The Balaban J connectivity index is 2.47. The molecule has 16 heavy (non-hydrogen) atoms. The Morgan fingerprint density at radius 2 is 2.31 bits per heavy atom. The highest BCUT2D eigenvalue weighted by Gasteiger charge is 2.03. The molecule has 0 saturated heterocycles. The molecule has 0 spiro atoms. The van der Waals surface area contributed by atoms with Gasteiger partial charge >= 0.3 is 0 Å². The van der Waals surface area contributed by atoms with Gasteiger partial charge in [-0.05, 0) is 31.0 Å². The van der Waals surface area contributed by atoms with Crippen molar-refractivity contribution in [1.29, 1.82) is 5.26 Å². The second-order valence-corrected chi connectivity index (χ2v) is 3.40. The summed E-state index contributed by atoms with van der Waals surface area (Å²) in [4.78, 5) is 0. The Morgan fingerprint density at radius 3 is 3.00 bits per heavy atom. The molecule has 0 bridgehead atoms. The van der Waals surface area contributed by atoms with E-state index in [9.17, 15) is 4.39 Å². The number of ether oxygens (including phenoxy) is 1. The maximum Gasteiger partial charge on any atom is 0.128 e. The molecule has 0 heterocycles. The zero-order valence-electron chi connectivity index (χ0n) is 9.08. The lowest BCUT2D eigenvalue weighted by atomic mass is 10.1. The van der Waals surface area contributed by atoms with Crippen LogP contribution in [0.1, 0.15) is 24.0 Å². The molecule has 0 unspecified atom stereocenters. The van der Waals surface area contributed by atoms with E-state index >= 15 is 0 Å². The van der Waals surface area contributed by atoms with Gasteiger partial charge in [-0.3, -0.25) is 0 Å². The van der Waals surface area contributed by atoms with Gasteiger partial charge in [0.1, 0.15) is 5.82 Å². The SMILES string of the molecule is C=CCCCOCc1cc(C#N)ccc1F. The summed E-state index contributed by atoms with van der Waals surface area (Å²) in [6.07, 6.45) is 3.59. The van der Waals surface area contributed by atoms with Gasteiger partial charge in [0.05, 0.1) is 18.2 Å². The predicted molar refractivity (Wildman–Crippen MR) is 60.2 cm³/mol. The predicted octanol–water partition coefficient (Wildman–Crippen LogP) is 3.18. The first kappa shape index (κ1) is 12.4. The summed E-state index contributed by atoms with van der Waals surface area (Å²) < 4.78 is 18.6. The molecule has 1 rings (SSSR count). The first-order valence-corrected chi connectivity index (χ1v) is 5.15. The van der Waals surface area contributed by atoms with E-state index in [4.69, 9.17) is 10.00 Å². The zero-order valence-corrected chi connectivity index (χ0v) is 9.08. The third kappa shape index (κ3) is 3.84. The fraction of sp³-hybridized carbons (Fsp3) is 0.308. The largest absolute Gasteiger partial charge is 0.377 e. The van der Waals surface area contributed by atoms with E-state index in [0.29, 0.717) is 17.7 Å². The Bertz CT molecular complexity index is 395. The Morgan fingerprint density at radius 1 is 1.50 bits per heavy atom. The summed E-state index contributed by atoms with van der Waals surface area (Å²) in [5.41, 5.74) is 0.878. The Hall–Kier alpha value is -1.66. The Kier molecular flexibility index (Phi) is 5.24. The second kappa shape index (κ2) is 6.76. The van der Waals surface area contributed by atoms with Crippen LogP contribution in [-0.2, 0) is 11.3 Å². The maximum atomic E-state index is 13.3. The van der Waals surface area contributed by atoms with Gasteiger partial charge in [-0.25, -0.2) is 4.39 Å². The van der Waals surface area contributed by atoms with Crippen molar-refractivity contribution >= 4 is 0 Å². The number of benzene rings is 1. The number of nitriles is 1. The number of hydrogen-bond donors (Lipinski definition) is 0. The van der Waals surface area contributed by atoms with Crippen LogP contribution in [-0.4, -0.2) is 6.61 Å². The van der Waals surface area contributed by atoms with E-state index in [2.05, 4.69) is 6.58 Å². The van der Waals surface area contributed by atoms with Crippen LogP contribution >= 0.6 is 0 Å². The molecular formula is C13H14FNO. The maximum absolute atomic E-state index is 13.3. The van der Waals surface area contributed by atoms with E-state index in [-0.39, 0.29) is 12.4 Å². The lowest BCUT2D eigenvalue weighted by Gasteiger charge is -2.05. The number of nitrogens with zero attached hydrogens (tertiary/aromatic N) is 1. The fourth-order valence-electron chi connectivity index (χ4n) is 1.27. The molecule has 0 aromatic heterocycles. The molecule has 3 heteroatoms. The molecule has 84 valence electrons. The molecule has 0 saturated carbocycles. The molecule has 0 atom stereocenters. The van der Waals surface area contributed by atoms with Gasteiger partial charge < -0.3 is 4.74 Å². The standard InChI is InChI=1S/C13H14FNO/c1-2-3-4-7-16-10-12-8-11(9-15)5-6-13(12)14/h2,5-6,8H,1,3-4,7,10H2. The zero-order chi connectivity index (χ0) is 11.8. The third-order valence-electron chi connectivity index (χ3n) is 2.13. The van der Waals surface area contributed by atoms with Crippen molar-refractivity contribution < 1.29 is 9.13 Å². The quantitative estimate of drug-likeness (QED) is 0.543. The highest BCUT2D eigenvalue weighted by Crippen LogP contribution is 2.11. The number of allylic oxidation sites excluding steroid dienone is 1. The molecule has 0 aliphatic rings. The van der Waals surface area contributed by atoms with Crippen LogP contribution in [0.4, 0.5) is 4.39 Å². The molecule has 1 aromatic carbocycles. The molecule has 2 nitrogen and oxygen atoms in total. The topological polar surface area (TPSA) is 33.0 Å². The normalized spacial score (nSPS) is 9.75. The average molecular weight is 219 g/mol. The van der Waals surface area contributed by atoms with Gasteiger partial charge in [0.15, 0.2) is 0 Å². The number of halogens is 1. The molecule has 1 aromatic rings. The van der Waals surface area contributed by atoms with Gasteiger partial charge in [-0.15, -0.1) is 6.58 Å². The molecule has 0 amide bonds. The Labute approximate surface area is 95.0 Å². The van der Waals surface area contributed by atoms with Crippen LogP contribution in [0, 0.1) is 17.1 Å². The van der Waals surface area contributed by atoms with Gasteiger partial charge in [-0.2, -0.15) is 5.26 Å². The van der Waals surface area contributed by atoms with Crippen molar-refractivity contribution in [3.63, 3.8) is 0 Å². The average Bonchev–Trinajstić information content (AvgIpc) is 2.31. The van der Waals surface area contributed by atoms with E-state index in [1.807, 2.05) is 12.1 Å². The van der Waals surface area contributed by atoms with E-state index in [1.54, 1.807) is 0 Å². The second-order valence-electron chi connectivity index (χ2n) is 3.40. The van der Waals surface area contributed by atoms with Crippen molar-refractivity contribution in [2.75, 3.05) is 6.61 Å². The summed E-state index contributed by atoms with van der Waals surface area (Å²) in [6, 6.07) is 6.23.